The van der Waals surface area contributed by atoms with Crippen LogP contribution in [0.15, 0.2) is 12.1 Å². The van der Waals surface area contributed by atoms with E-state index in [0.717, 1.165) is 0 Å². The summed E-state index contributed by atoms with van der Waals surface area (Å²) < 4.78 is 31.5. The van der Waals surface area contributed by atoms with Crippen molar-refractivity contribution in [2.45, 2.75) is 13.0 Å². The van der Waals surface area contributed by atoms with E-state index >= 15 is 0 Å². The number of hydrogen-bond donors (Lipinski definition) is 2. The molecule has 0 heterocycles. The van der Waals surface area contributed by atoms with Crippen molar-refractivity contribution in [3.63, 3.8) is 0 Å². The maximum atomic E-state index is 13.4. The minimum absolute atomic E-state index is 0.244. The molecule has 0 aromatic heterocycles. The molecule has 0 spiro atoms. The van der Waals surface area contributed by atoms with Crippen LogP contribution in [0, 0.1) is 21.7 Å². The molecule has 0 aliphatic rings. The van der Waals surface area contributed by atoms with Crippen LogP contribution in [0.2, 0.25) is 0 Å². The highest BCUT2D eigenvalue weighted by atomic mass is 19.1. The zero-order valence-corrected chi connectivity index (χ0v) is 10.2. The second-order valence-corrected chi connectivity index (χ2v) is 3.76. The van der Waals surface area contributed by atoms with Crippen molar-refractivity contribution < 1.29 is 23.5 Å². The summed E-state index contributed by atoms with van der Waals surface area (Å²) in [7, 11) is 0. The van der Waals surface area contributed by atoms with Crippen LogP contribution in [0.1, 0.15) is 6.92 Å². The molecule has 0 bridgehead atoms. The molecule has 1 unspecified atom stereocenters. The van der Waals surface area contributed by atoms with Crippen LogP contribution >= 0.6 is 0 Å². The SMILES string of the molecule is CCNCC(O)COc1cc(F)c([N+](=O)[O-])cc1F. The van der Waals surface area contributed by atoms with Crippen molar-refractivity contribution >= 4 is 5.69 Å². The minimum atomic E-state index is -1.19. The van der Waals surface area contributed by atoms with Gasteiger partial charge < -0.3 is 15.2 Å². The molecule has 8 heteroatoms. The Morgan fingerprint density at radius 2 is 2.16 bits per heavy atom. The third kappa shape index (κ3) is 4.42. The van der Waals surface area contributed by atoms with Crippen molar-refractivity contribution in [1.82, 2.24) is 5.32 Å². The van der Waals surface area contributed by atoms with Crippen LogP contribution in [0.3, 0.4) is 0 Å². The molecule has 0 radical (unpaired) electrons. The Morgan fingerprint density at radius 3 is 2.74 bits per heavy atom. The van der Waals surface area contributed by atoms with Crippen LogP contribution in [0.4, 0.5) is 14.5 Å². The minimum Gasteiger partial charge on any atom is -0.488 e. The molecular weight excluding hydrogens is 262 g/mol. The summed E-state index contributed by atoms with van der Waals surface area (Å²) in [6.07, 6.45) is -0.891. The molecule has 6 nitrogen and oxygen atoms in total. The van der Waals surface area contributed by atoms with E-state index in [1.165, 1.54) is 0 Å². The number of nitrogens with one attached hydrogen (secondary N) is 1. The van der Waals surface area contributed by atoms with Gasteiger partial charge in [0.2, 0.25) is 5.82 Å². The van der Waals surface area contributed by atoms with Gasteiger partial charge in [0.05, 0.1) is 11.0 Å². The van der Waals surface area contributed by atoms with Gasteiger partial charge in [-0.2, -0.15) is 4.39 Å². The molecule has 1 rings (SSSR count). The molecule has 106 valence electrons. The molecule has 0 saturated carbocycles. The molecule has 1 atom stereocenters. The number of benzene rings is 1. The largest absolute Gasteiger partial charge is 0.488 e. The van der Waals surface area contributed by atoms with Crippen molar-refractivity contribution in [1.29, 1.82) is 0 Å². The Labute approximate surface area is 108 Å². The van der Waals surface area contributed by atoms with Gasteiger partial charge in [0.1, 0.15) is 12.7 Å². The number of ether oxygens (including phenoxy) is 1. The van der Waals surface area contributed by atoms with Crippen LogP contribution in [0.25, 0.3) is 0 Å². The summed E-state index contributed by atoms with van der Waals surface area (Å²) in [4.78, 5) is 9.35. The fourth-order valence-electron chi connectivity index (χ4n) is 1.32. The van der Waals surface area contributed by atoms with E-state index in [1.807, 2.05) is 6.92 Å². The first-order chi connectivity index (χ1) is 8.95. The van der Waals surface area contributed by atoms with Crippen molar-refractivity contribution in [2.24, 2.45) is 0 Å². The lowest BCUT2D eigenvalue weighted by molar-refractivity contribution is -0.387. The lowest BCUT2D eigenvalue weighted by Crippen LogP contribution is -2.31. The third-order valence-corrected chi connectivity index (χ3v) is 2.26. The molecule has 0 aliphatic heterocycles. The molecular formula is C11H14F2N2O4. The molecule has 1 aromatic carbocycles. The predicted molar refractivity (Wildman–Crippen MR) is 63.1 cm³/mol. The number of halogens is 2. The molecule has 0 saturated heterocycles. The summed E-state index contributed by atoms with van der Waals surface area (Å²) in [6.45, 7) is 2.49. The Hall–Kier alpha value is -1.80. The number of rotatable bonds is 7. The second kappa shape index (κ2) is 6.95. The number of hydrogen-bond acceptors (Lipinski definition) is 5. The van der Waals surface area contributed by atoms with E-state index in [-0.39, 0.29) is 13.2 Å². The van der Waals surface area contributed by atoms with Crippen LogP contribution < -0.4 is 10.1 Å². The lowest BCUT2D eigenvalue weighted by Gasteiger charge is -2.13. The van der Waals surface area contributed by atoms with Crippen molar-refractivity contribution in [2.75, 3.05) is 19.7 Å². The average molecular weight is 276 g/mol. The van der Waals surface area contributed by atoms with E-state index in [1.54, 1.807) is 0 Å². The maximum absolute atomic E-state index is 13.4. The highest BCUT2D eigenvalue weighted by Crippen LogP contribution is 2.26. The van der Waals surface area contributed by atoms with Gasteiger partial charge in [-0.1, -0.05) is 6.92 Å². The van der Waals surface area contributed by atoms with E-state index in [2.05, 4.69) is 5.32 Å². The first-order valence-corrected chi connectivity index (χ1v) is 5.60. The van der Waals surface area contributed by atoms with Gasteiger partial charge in [0, 0.05) is 12.6 Å². The smallest absolute Gasteiger partial charge is 0.307 e. The highest BCUT2D eigenvalue weighted by molar-refractivity contribution is 5.39. The summed E-state index contributed by atoms with van der Waals surface area (Å²) in [5, 5.41) is 22.7. The Bertz CT molecular complexity index is 457. The number of aliphatic hydroxyl groups is 1. The number of nitrogens with zero attached hydrogens (tertiary/aromatic N) is 1. The van der Waals surface area contributed by atoms with E-state index in [9.17, 15) is 24.0 Å². The molecule has 0 amide bonds. The fourth-order valence-corrected chi connectivity index (χ4v) is 1.32. The zero-order valence-electron chi connectivity index (χ0n) is 10.2. The van der Waals surface area contributed by atoms with Crippen LogP contribution in [0.5, 0.6) is 5.75 Å². The normalized spacial score (nSPS) is 12.2. The number of likely N-dealkylation sites (N-methyl/N-ethyl adjacent to an activating group) is 1. The summed E-state index contributed by atoms with van der Waals surface area (Å²) in [6, 6.07) is 1.04. The number of aliphatic hydroxyl groups excluding tert-OH is 1. The number of nitro groups is 1. The highest BCUT2D eigenvalue weighted by Gasteiger charge is 2.19. The Balaban J connectivity index is 2.69. The second-order valence-electron chi connectivity index (χ2n) is 3.76. The first kappa shape index (κ1) is 15.3. The molecule has 0 aliphatic carbocycles. The summed E-state index contributed by atoms with van der Waals surface area (Å²) in [5.74, 6) is -2.72. The topological polar surface area (TPSA) is 84.6 Å². The van der Waals surface area contributed by atoms with Crippen molar-refractivity contribution in [3.05, 3.63) is 33.9 Å². The van der Waals surface area contributed by atoms with Crippen LogP contribution in [-0.2, 0) is 0 Å². The Morgan fingerprint density at radius 1 is 1.47 bits per heavy atom. The molecule has 19 heavy (non-hydrogen) atoms. The molecule has 1 aromatic rings. The summed E-state index contributed by atoms with van der Waals surface area (Å²) >= 11 is 0. The lowest BCUT2D eigenvalue weighted by atomic mass is 10.2. The van der Waals surface area contributed by atoms with Crippen LogP contribution in [-0.4, -0.2) is 35.8 Å². The van der Waals surface area contributed by atoms with Gasteiger partial charge in [-0.15, -0.1) is 0 Å². The van der Waals surface area contributed by atoms with Gasteiger partial charge >= 0.3 is 5.69 Å². The van der Waals surface area contributed by atoms with E-state index < -0.39 is 34.1 Å². The van der Waals surface area contributed by atoms with Gasteiger partial charge in [-0.3, -0.25) is 10.1 Å². The molecule has 0 fully saturated rings. The maximum Gasteiger partial charge on any atom is 0.307 e. The van der Waals surface area contributed by atoms with E-state index in [4.69, 9.17) is 4.74 Å². The van der Waals surface area contributed by atoms with Gasteiger partial charge in [0.25, 0.3) is 0 Å². The zero-order chi connectivity index (χ0) is 14.4. The molecule has 2 N–H and O–H groups in total. The first-order valence-electron chi connectivity index (χ1n) is 5.60. The average Bonchev–Trinajstić information content (AvgIpc) is 2.36. The standard InChI is InChI=1S/C11H14F2N2O4/c1-2-14-5-7(16)6-19-11-4-8(12)10(15(17)18)3-9(11)13/h3-4,7,14,16H,2,5-6H2,1H3. The predicted octanol–water partition coefficient (Wildman–Crippen LogP) is 1.22. The quantitative estimate of drug-likeness (QED) is 0.578. The Kier molecular flexibility index (Phi) is 5.58. The monoisotopic (exact) mass is 276 g/mol. The van der Waals surface area contributed by atoms with Gasteiger partial charge in [-0.25, -0.2) is 4.39 Å². The number of nitro benzene ring substituents is 1. The van der Waals surface area contributed by atoms with Gasteiger partial charge in [0.15, 0.2) is 11.6 Å². The van der Waals surface area contributed by atoms with Gasteiger partial charge in [-0.05, 0) is 6.54 Å². The van der Waals surface area contributed by atoms with E-state index in [0.29, 0.717) is 18.7 Å². The summed E-state index contributed by atoms with van der Waals surface area (Å²) in [5.41, 5.74) is -0.960. The van der Waals surface area contributed by atoms with Crippen molar-refractivity contribution in [3.8, 4) is 5.75 Å². The fraction of sp³-hybridized carbons (Fsp3) is 0.455. The third-order valence-electron chi connectivity index (χ3n) is 2.26.